The van der Waals surface area contributed by atoms with Crippen LogP contribution in [0.4, 0.5) is 5.69 Å². The molecule has 0 aliphatic heterocycles. The average molecular weight is 454 g/mol. The molecule has 0 radical (unpaired) electrons. The minimum absolute atomic E-state index is 0.533. The lowest BCUT2D eigenvalue weighted by molar-refractivity contribution is 0.659. The van der Waals surface area contributed by atoms with E-state index < -0.39 is 0 Å². The molecule has 0 aliphatic rings. The molecule has 0 saturated carbocycles. The lowest BCUT2D eigenvalue weighted by atomic mass is 10.2. The van der Waals surface area contributed by atoms with Gasteiger partial charge in [-0.15, -0.1) is 0 Å². The van der Waals surface area contributed by atoms with Crippen molar-refractivity contribution in [3.05, 3.63) is 80.0 Å². The molecule has 8 heteroatoms. The van der Waals surface area contributed by atoms with Crippen molar-refractivity contribution >= 4 is 57.8 Å². The van der Waals surface area contributed by atoms with Crippen LogP contribution < -0.4 is 10.6 Å². The van der Waals surface area contributed by atoms with Crippen molar-refractivity contribution in [2.24, 2.45) is 0 Å². The van der Waals surface area contributed by atoms with Crippen molar-refractivity contribution in [3.8, 4) is 0 Å². The van der Waals surface area contributed by atoms with Crippen LogP contribution in [-0.4, -0.2) is 14.9 Å². The standard InChI is InChI=1S/C20H19Cl3N4S/c1-12-19(25-20(28)24-10-14-3-6-16(21)7-4-14)13(2)27(26-12)11-15-5-8-17(22)9-18(15)23/h3-9H,10-11H2,1-2H3,(H2,24,25,28). The molecule has 0 aliphatic carbocycles. The molecule has 28 heavy (non-hydrogen) atoms. The second kappa shape index (κ2) is 9.14. The van der Waals surface area contributed by atoms with Gasteiger partial charge < -0.3 is 10.6 Å². The van der Waals surface area contributed by atoms with Gasteiger partial charge in [0.25, 0.3) is 0 Å². The maximum atomic E-state index is 6.29. The quantitative estimate of drug-likeness (QED) is 0.465. The van der Waals surface area contributed by atoms with Gasteiger partial charge in [0.1, 0.15) is 0 Å². The Kier molecular flexibility index (Phi) is 6.83. The zero-order valence-electron chi connectivity index (χ0n) is 15.4. The highest BCUT2D eigenvalue weighted by molar-refractivity contribution is 7.80. The smallest absolute Gasteiger partial charge is 0.171 e. The van der Waals surface area contributed by atoms with E-state index in [-0.39, 0.29) is 0 Å². The van der Waals surface area contributed by atoms with Gasteiger partial charge in [-0.3, -0.25) is 4.68 Å². The van der Waals surface area contributed by atoms with Gasteiger partial charge in [0.15, 0.2) is 5.11 Å². The van der Waals surface area contributed by atoms with Crippen LogP contribution >= 0.6 is 47.0 Å². The van der Waals surface area contributed by atoms with E-state index in [1.807, 2.05) is 54.9 Å². The van der Waals surface area contributed by atoms with E-state index in [1.165, 1.54) is 0 Å². The van der Waals surface area contributed by atoms with Crippen molar-refractivity contribution in [1.29, 1.82) is 0 Å². The molecule has 146 valence electrons. The molecule has 0 bridgehead atoms. The molecule has 0 amide bonds. The number of thiocarbonyl (C=S) groups is 1. The zero-order valence-corrected chi connectivity index (χ0v) is 18.5. The Balaban J connectivity index is 1.67. The Morgan fingerprint density at radius 3 is 2.39 bits per heavy atom. The van der Waals surface area contributed by atoms with Crippen LogP contribution in [0.5, 0.6) is 0 Å². The van der Waals surface area contributed by atoms with Crippen molar-refractivity contribution in [2.45, 2.75) is 26.9 Å². The molecular weight excluding hydrogens is 435 g/mol. The second-order valence-corrected chi connectivity index (χ2v) is 8.06. The highest BCUT2D eigenvalue weighted by atomic mass is 35.5. The van der Waals surface area contributed by atoms with Crippen LogP contribution in [0.1, 0.15) is 22.5 Å². The minimum atomic E-state index is 0.533. The average Bonchev–Trinajstić information content (AvgIpc) is 2.91. The number of nitrogens with one attached hydrogen (secondary N) is 2. The number of hydrogen-bond acceptors (Lipinski definition) is 2. The van der Waals surface area contributed by atoms with E-state index in [1.54, 1.807) is 6.07 Å². The van der Waals surface area contributed by atoms with Gasteiger partial charge in [-0.1, -0.05) is 53.0 Å². The maximum absolute atomic E-state index is 6.29. The summed E-state index contributed by atoms with van der Waals surface area (Å²) in [6.45, 7) is 5.09. The van der Waals surface area contributed by atoms with E-state index in [9.17, 15) is 0 Å². The summed E-state index contributed by atoms with van der Waals surface area (Å²) >= 11 is 23.6. The Morgan fingerprint density at radius 2 is 1.71 bits per heavy atom. The van der Waals surface area contributed by atoms with Crippen molar-refractivity contribution in [3.63, 3.8) is 0 Å². The fraction of sp³-hybridized carbons (Fsp3) is 0.200. The Bertz CT molecular complexity index is 999. The number of aromatic nitrogens is 2. The van der Waals surface area contributed by atoms with Gasteiger partial charge in [-0.05, 0) is 61.5 Å². The Labute approximate surface area is 184 Å². The summed E-state index contributed by atoms with van der Waals surface area (Å²) in [6, 6.07) is 13.1. The van der Waals surface area contributed by atoms with Gasteiger partial charge in [0, 0.05) is 21.6 Å². The fourth-order valence-electron chi connectivity index (χ4n) is 2.79. The lowest BCUT2D eigenvalue weighted by Gasteiger charge is -2.12. The molecule has 3 aromatic rings. The third-order valence-electron chi connectivity index (χ3n) is 4.32. The molecular formula is C20H19Cl3N4S. The second-order valence-electron chi connectivity index (χ2n) is 6.37. The normalized spacial score (nSPS) is 10.8. The molecule has 0 fully saturated rings. The van der Waals surface area contributed by atoms with Gasteiger partial charge >= 0.3 is 0 Å². The van der Waals surface area contributed by atoms with Crippen LogP contribution in [0.3, 0.4) is 0 Å². The molecule has 0 atom stereocenters. The van der Waals surface area contributed by atoms with Crippen molar-refractivity contribution in [2.75, 3.05) is 5.32 Å². The number of benzene rings is 2. The molecule has 0 spiro atoms. The van der Waals surface area contributed by atoms with Crippen LogP contribution in [-0.2, 0) is 13.1 Å². The summed E-state index contributed by atoms with van der Waals surface area (Å²) in [7, 11) is 0. The van der Waals surface area contributed by atoms with Gasteiger partial charge in [0.2, 0.25) is 0 Å². The first-order chi connectivity index (χ1) is 13.3. The first kappa shape index (κ1) is 20.9. The van der Waals surface area contributed by atoms with Crippen molar-refractivity contribution in [1.82, 2.24) is 15.1 Å². The highest BCUT2D eigenvalue weighted by Crippen LogP contribution is 2.25. The van der Waals surface area contributed by atoms with Crippen LogP contribution in [0.2, 0.25) is 15.1 Å². The van der Waals surface area contributed by atoms with Gasteiger partial charge in [0.05, 0.1) is 23.6 Å². The van der Waals surface area contributed by atoms with E-state index in [2.05, 4.69) is 15.7 Å². The molecule has 2 aromatic carbocycles. The maximum Gasteiger partial charge on any atom is 0.171 e. The van der Waals surface area contributed by atoms with Crippen LogP contribution in [0.25, 0.3) is 0 Å². The van der Waals surface area contributed by atoms with Crippen LogP contribution in [0.15, 0.2) is 42.5 Å². The van der Waals surface area contributed by atoms with Crippen molar-refractivity contribution < 1.29 is 0 Å². The lowest BCUT2D eigenvalue weighted by Crippen LogP contribution is -2.28. The molecule has 0 saturated heterocycles. The number of anilines is 1. The molecule has 1 heterocycles. The summed E-state index contributed by atoms with van der Waals surface area (Å²) in [6.07, 6.45) is 0. The minimum Gasteiger partial charge on any atom is -0.358 e. The predicted molar refractivity (Wildman–Crippen MR) is 122 cm³/mol. The Hall–Kier alpha value is -1.79. The topological polar surface area (TPSA) is 41.9 Å². The highest BCUT2D eigenvalue weighted by Gasteiger charge is 2.14. The number of rotatable bonds is 5. The fourth-order valence-corrected chi connectivity index (χ4v) is 3.55. The molecule has 4 nitrogen and oxygen atoms in total. The molecule has 1 aromatic heterocycles. The summed E-state index contributed by atoms with van der Waals surface area (Å²) < 4.78 is 1.90. The summed E-state index contributed by atoms with van der Waals surface area (Å²) in [5.74, 6) is 0. The third kappa shape index (κ3) is 5.17. The number of halogens is 3. The Morgan fingerprint density at radius 1 is 1.04 bits per heavy atom. The van der Waals surface area contributed by atoms with E-state index in [0.717, 1.165) is 28.2 Å². The van der Waals surface area contributed by atoms with E-state index in [4.69, 9.17) is 47.0 Å². The predicted octanol–water partition coefficient (Wildman–Crippen LogP) is 6.00. The summed E-state index contributed by atoms with van der Waals surface area (Å²) in [5.41, 5.74) is 4.76. The molecule has 2 N–H and O–H groups in total. The van der Waals surface area contributed by atoms with Gasteiger partial charge in [-0.2, -0.15) is 5.10 Å². The summed E-state index contributed by atoms with van der Waals surface area (Å²) in [5, 5.41) is 13.5. The zero-order chi connectivity index (χ0) is 20.3. The number of hydrogen-bond donors (Lipinski definition) is 2. The SMILES string of the molecule is Cc1nn(Cc2ccc(Cl)cc2Cl)c(C)c1NC(=S)NCc1ccc(Cl)cc1. The monoisotopic (exact) mass is 452 g/mol. The van der Waals surface area contributed by atoms with Crippen LogP contribution in [0, 0.1) is 13.8 Å². The largest absolute Gasteiger partial charge is 0.358 e. The first-order valence-electron chi connectivity index (χ1n) is 8.60. The number of nitrogens with zero attached hydrogens (tertiary/aromatic N) is 2. The molecule has 0 unspecified atom stereocenters. The summed E-state index contributed by atoms with van der Waals surface area (Å²) in [4.78, 5) is 0. The molecule has 3 rings (SSSR count). The van der Waals surface area contributed by atoms with Gasteiger partial charge in [-0.25, -0.2) is 0 Å². The van der Waals surface area contributed by atoms with E-state index >= 15 is 0 Å². The first-order valence-corrected chi connectivity index (χ1v) is 10.1. The van der Waals surface area contributed by atoms with E-state index in [0.29, 0.717) is 33.3 Å². The third-order valence-corrected chi connectivity index (χ3v) is 5.41. The number of aryl methyl sites for hydroxylation is 1.